The molecule has 16 heavy (non-hydrogen) atoms. The van der Waals surface area contributed by atoms with Crippen molar-refractivity contribution in [3.63, 3.8) is 0 Å². The summed E-state index contributed by atoms with van der Waals surface area (Å²) in [5, 5.41) is 15.1. The Morgan fingerprint density at radius 2 is 2.38 bits per heavy atom. The van der Waals surface area contributed by atoms with Crippen LogP contribution in [-0.4, -0.2) is 26.3 Å². The van der Waals surface area contributed by atoms with E-state index in [0.717, 1.165) is 0 Å². The molecule has 0 bridgehead atoms. The minimum Gasteiger partial charge on any atom is -0.481 e. The van der Waals surface area contributed by atoms with Crippen LogP contribution in [0.5, 0.6) is 11.8 Å². The average Bonchev–Trinajstić information content (AvgIpc) is 2.73. The molecule has 2 aromatic rings. The first-order chi connectivity index (χ1) is 7.75. The number of carboxylic acid groups (broad SMARTS) is 1. The summed E-state index contributed by atoms with van der Waals surface area (Å²) in [6, 6.07) is 4.94. The molecule has 82 valence electrons. The molecule has 0 aliphatic rings. The van der Waals surface area contributed by atoms with E-state index in [1.807, 2.05) is 0 Å². The molecular formula is C10H9N3O3. The van der Waals surface area contributed by atoms with Crippen LogP contribution >= 0.6 is 0 Å². The van der Waals surface area contributed by atoms with Gasteiger partial charge in [0.1, 0.15) is 0 Å². The van der Waals surface area contributed by atoms with E-state index < -0.39 is 5.97 Å². The van der Waals surface area contributed by atoms with Crippen molar-refractivity contribution in [2.24, 2.45) is 0 Å². The zero-order valence-electron chi connectivity index (χ0n) is 8.25. The van der Waals surface area contributed by atoms with Gasteiger partial charge in [0, 0.05) is 24.0 Å². The lowest BCUT2D eigenvalue weighted by Gasteiger charge is -2.05. The zero-order chi connectivity index (χ0) is 11.4. The Morgan fingerprint density at radius 1 is 1.50 bits per heavy atom. The standard InChI is InChI=1S/C10H9N3O3/c14-9(15)6-7-2-1-4-11-10(7)16-8-3-5-12-13-8/h1-5H,6H2,(H,12,13)(H,14,15). The van der Waals surface area contributed by atoms with Crippen molar-refractivity contribution in [1.29, 1.82) is 0 Å². The van der Waals surface area contributed by atoms with Gasteiger partial charge in [-0.25, -0.2) is 4.98 Å². The summed E-state index contributed by atoms with van der Waals surface area (Å²) in [6.07, 6.45) is 3.01. The monoisotopic (exact) mass is 219 g/mol. The minimum absolute atomic E-state index is 0.131. The van der Waals surface area contributed by atoms with E-state index in [2.05, 4.69) is 15.2 Å². The highest BCUT2D eigenvalue weighted by Gasteiger charge is 2.10. The number of carboxylic acids is 1. The third-order valence-electron chi connectivity index (χ3n) is 1.87. The predicted octanol–water partition coefficient (Wildman–Crippen LogP) is 1.22. The molecule has 2 N–H and O–H groups in total. The highest BCUT2D eigenvalue weighted by molar-refractivity contribution is 5.71. The molecule has 6 nitrogen and oxygen atoms in total. The van der Waals surface area contributed by atoms with Gasteiger partial charge in [-0.3, -0.25) is 9.89 Å². The first kappa shape index (κ1) is 10.2. The van der Waals surface area contributed by atoms with Crippen LogP contribution in [0, 0.1) is 0 Å². The lowest BCUT2D eigenvalue weighted by Crippen LogP contribution is -2.03. The summed E-state index contributed by atoms with van der Waals surface area (Å²) in [7, 11) is 0. The van der Waals surface area contributed by atoms with E-state index >= 15 is 0 Å². The van der Waals surface area contributed by atoms with Crippen LogP contribution in [0.15, 0.2) is 30.6 Å². The SMILES string of the molecule is O=C(O)Cc1cccnc1Oc1cc[nH]n1. The van der Waals surface area contributed by atoms with E-state index in [9.17, 15) is 4.79 Å². The molecule has 0 atom stereocenters. The van der Waals surface area contributed by atoms with Crippen molar-refractivity contribution in [2.75, 3.05) is 0 Å². The molecule has 0 aliphatic heterocycles. The van der Waals surface area contributed by atoms with E-state index in [-0.39, 0.29) is 12.3 Å². The maximum Gasteiger partial charge on any atom is 0.308 e. The zero-order valence-corrected chi connectivity index (χ0v) is 8.25. The summed E-state index contributed by atoms with van der Waals surface area (Å²) in [4.78, 5) is 14.6. The second kappa shape index (κ2) is 4.43. The van der Waals surface area contributed by atoms with Crippen molar-refractivity contribution in [2.45, 2.75) is 6.42 Å². The summed E-state index contributed by atoms with van der Waals surface area (Å²) in [5.41, 5.74) is 0.512. The first-order valence-electron chi connectivity index (χ1n) is 4.59. The quantitative estimate of drug-likeness (QED) is 0.807. The number of aliphatic carboxylic acids is 1. The van der Waals surface area contributed by atoms with Crippen molar-refractivity contribution < 1.29 is 14.6 Å². The van der Waals surface area contributed by atoms with Crippen LogP contribution in [0.2, 0.25) is 0 Å². The van der Waals surface area contributed by atoms with Gasteiger partial charge in [-0.2, -0.15) is 0 Å². The summed E-state index contributed by atoms with van der Waals surface area (Å²) in [5.74, 6) is -0.317. The molecule has 6 heteroatoms. The van der Waals surface area contributed by atoms with Gasteiger partial charge >= 0.3 is 5.97 Å². The topological polar surface area (TPSA) is 88.1 Å². The average molecular weight is 219 g/mol. The van der Waals surface area contributed by atoms with E-state index in [4.69, 9.17) is 9.84 Å². The van der Waals surface area contributed by atoms with Crippen molar-refractivity contribution >= 4 is 5.97 Å². The Bertz CT molecular complexity index is 482. The molecule has 2 rings (SSSR count). The normalized spacial score (nSPS) is 10.0. The predicted molar refractivity (Wildman–Crippen MR) is 54.2 cm³/mol. The number of hydrogen-bond donors (Lipinski definition) is 2. The number of nitrogens with zero attached hydrogens (tertiary/aromatic N) is 2. The van der Waals surface area contributed by atoms with Crippen molar-refractivity contribution in [3.05, 3.63) is 36.2 Å². The van der Waals surface area contributed by atoms with Crippen molar-refractivity contribution in [1.82, 2.24) is 15.2 Å². The third kappa shape index (κ3) is 2.35. The van der Waals surface area contributed by atoms with Gasteiger partial charge in [0.15, 0.2) is 0 Å². The Labute approximate surface area is 90.9 Å². The maximum absolute atomic E-state index is 10.6. The van der Waals surface area contributed by atoms with Crippen LogP contribution in [-0.2, 0) is 11.2 Å². The number of rotatable bonds is 4. The molecule has 2 heterocycles. The number of hydrogen-bond acceptors (Lipinski definition) is 4. The number of H-pyrrole nitrogens is 1. The van der Waals surface area contributed by atoms with E-state index in [1.165, 1.54) is 6.20 Å². The van der Waals surface area contributed by atoms with Crippen LogP contribution < -0.4 is 4.74 Å². The highest BCUT2D eigenvalue weighted by Crippen LogP contribution is 2.20. The molecule has 0 saturated heterocycles. The van der Waals surface area contributed by atoms with Crippen LogP contribution in [0.1, 0.15) is 5.56 Å². The van der Waals surface area contributed by atoms with Gasteiger partial charge < -0.3 is 9.84 Å². The second-order valence-corrected chi connectivity index (χ2v) is 3.05. The van der Waals surface area contributed by atoms with Gasteiger partial charge in [0.05, 0.1) is 6.42 Å². The van der Waals surface area contributed by atoms with Crippen molar-refractivity contribution in [3.8, 4) is 11.8 Å². The fraction of sp³-hybridized carbons (Fsp3) is 0.100. The Hall–Kier alpha value is -2.37. The first-order valence-corrected chi connectivity index (χ1v) is 4.59. The Kier molecular flexibility index (Phi) is 2.81. The lowest BCUT2D eigenvalue weighted by atomic mass is 10.2. The number of pyridine rings is 1. The number of carbonyl (C=O) groups is 1. The summed E-state index contributed by atoms with van der Waals surface area (Å²) < 4.78 is 5.33. The lowest BCUT2D eigenvalue weighted by molar-refractivity contribution is -0.136. The number of ether oxygens (including phenoxy) is 1. The molecule has 0 saturated carbocycles. The number of nitrogens with one attached hydrogen (secondary N) is 1. The minimum atomic E-state index is -0.931. The van der Waals surface area contributed by atoms with Crippen LogP contribution in [0.4, 0.5) is 0 Å². The van der Waals surface area contributed by atoms with Gasteiger partial charge in [0.25, 0.3) is 0 Å². The fourth-order valence-corrected chi connectivity index (χ4v) is 1.22. The second-order valence-electron chi connectivity index (χ2n) is 3.05. The Balaban J connectivity index is 2.22. The molecule has 0 radical (unpaired) electrons. The molecule has 0 amide bonds. The molecular weight excluding hydrogens is 210 g/mol. The summed E-state index contributed by atoms with van der Waals surface area (Å²) in [6.45, 7) is 0. The molecule has 0 aromatic carbocycles. The fourth-order valence-electron chi connectivity index (χ4n) is 1.22. The Morgan fingerprint density at radius 3 is 3.06 bits per heavy atom. The largest absolute Gasteiger partial charge is 0.481 e. The van der Waals surface area contributed by atoms with Crippen LogP contribution in [0.3, 0.4) is 0 Å². The van der Waals surface area contributed by atoms with E-state index in [0.29, 0.717) is 11.4 Å². The molecule has 0 spiro atoms. The number of aromatic nitrogens is 3. The van der Waals surface area contributed by atoms with Gasteiger partial charge in [-0.15, -0.1) is 5.10 Å². The molecule has 0 aliphatic carbocycles. The molecule has 0 fully saturated rings. The van der Waals surface area contributed by atoms with E-state index in [1.54, 1.807) is 24.4 Å². The van der Waals surface area contributed by atoms with Crippen LogP contribution in [0.25, 0.3) is 0 Å². The molecule has 2 aromatic heterocycles. The molecule has 0 unspecified atom stereocenters. The van der Waals surface area contributed by atoms with Gasteiger partial charge in [0.2, 0.25) is 11.8 Å². The maximum atomic E-state index is 10.6. The smallest absolute Gasteiger partial charge is 0.308 e. The van der Waals surface area contributed by atoms with Gasteiger partial charge in [-0.05, 0) is 6.07 Å². The summed E-state index contributed by atoms with van der Waals surface area (Å²) >= 11 is 0. The van der Waals surface area contributed by atoms with Gasteiger partial charge in [-0.1, -0.05) is 6.07 Å². The number of aromatic amines is 1. The third-order valence-corrected chi connectivity index (χ3v) is 1.87. The highest BCUT2D eigenvalue weighted by atomic mass is 16.5.